The molecule has 2 aromatic heterocycles. The van der Waals surface area contributed by atoms with Crippen LogP contribution in [0.3, 0.4) is 0 Å². The summed E-state index contributed by atoms with van der Waals surface area (Å²) in [6, 6.07) is 47.3. The van der Waals surface area contributed by atoms with Crippen LogP contribution in [0, 0.1) is 0 Å². The first-order chi connectivity index (χ1) is 26.6. The van der Waals surface area contributed by atoms with Gasteiger partial charge in [0.25, 0.3) is 0 Å². The van der Waals surface area contributed by atoms with Gasteiger partial charge in [-0.25, -0.2) is 4.98 Å². The second kappa shape index (κ2) is 13.6. The number of imidazole rings is 1. The first-order valence-electron chi connectivity index (χ1n) is 19.6. The molecule has 4 nitrogen and oxygen atoms in total. The number of para-hydroxylation sites is 1. The summed E-state index contributed by atoms with van der Waals surface area (Å²) in [7, 11) is 0. The van der Waals surface area contributed by atoms with Gasteiger partial charge in [-0.2, -0.15) is 0 Å². The van der Waals surface area contributed by atoms with E-state index in [1.54, 1.807) is 0 Å². The molecular weight excluding hydrogens is 683 g/mol. The van der Waals surface area contributed by atoms with E-state index < -0.39 is 0 Å². The molecule has 0 aliphatic rings. The van der Waals surface area contributed by atoms with Gasteiger partial charge in [0.05, 0.1) is 28.0 Å². The molecule has 0 spiro atoms. The van der Waals surface area contributed by atoms with Crippen LogP contribution in [-0.2, 0) is 16.2 Å². The third kappa shape index (κ3) is 6.68. The maximum absolute atomic E-state index is 12.5. The van der Waals surface area contributed by atoms with Gasteiger partial charge in [-0.3, -0.25) is 9.55 Å². The predicted octanol–water partition coefficient (Wildman–Crippen LogP) is 13.8. The average Bonchev–Trinajstić information content (AvgIpc) is 3.56. The number of phenols is 1. The van der Waals surface area contributed by atoms with E-state index in [2.05, 4.69) is 188 Å². The lowest BCUT2D eigenvalue weighted by atomic mass is 9.79. The highest BCUT2D eigenvalue weighted by molar-refractivity contribution is 6.03. The number of aromatic hydroxyl groups is 1. The fourth-order valence-corrected chi connectivity index (χ4v) is 7.79. The van der Waals surface area contributed by atoms with Gasteiger partial charge in [0.15, 0.2) is 0 Å². The van der Waals surface area contributed by atoms with Gasteiger partial charge in [-0.1, -0.05) is 159 Å². The Morgan fingerprint density at radius 2 is 1.20 bits per heavy atom. The lowest BCUT2D eigenvalue weighted by Crippen LogP contribution is -2.17. The molecule has 8 rings (SSSR count). The first-order valence-corrected chi connectivity index (χ1v) is 19.6. The molecule has 8 aromatic rings. The van der Waals surface area contributed by atoms with Crippen molar-refractivity contribution in [2.75, 3.05) is 0 Å². The highest BCUT2D eigenvalue weighted by Gasteiger charge is 2.30. The van der Waals surface area contributed by atoms with Crippen LogP contribution in [-0.4, -0.2) is 19.6 Å². The number of hydrogen-bond acceptors (Lipinski definition) is 3. The molecule has 1 N–H and O–H groups in total. The molecule has 0 atom stereocenters. The molecule has 280 valence electrons. The number of pyridine rings is 1. The van der Waals surface area contributed by atoms with Crippen molar-refractivity contribution in [2.45, 2.75) is 78.6 Å². The molecule has 0 radical (unpaired) electrons. The minimum Gasteiger partial charge on any atom is -0.507 e. The molecule has 0 saturated heterocycles. The van der Waals surface area contributed by atoms with Crippen LogP contribution in [0.4, 0.5) is 0 Å². The summed E-state index contributed by atoms with van der Waals surface area (Å²) in [6.45, 7) is 20.0. The molecule has 0 aliphatic heterocycles. The molecule has 0 amide bonds. The van der Waals surface area contributed by atoms with Crippen molar-refractivity contribution < 1.29 is 5.11 Å². The number of phenolic OH excluding ortho intramolecular Hbond substituents is 1. The molecule has 2 heterocycles. The van der Waals surface area contributed by atoms with Crippen molar-refractivity contribution in [1.29, 1.82) is 0 Å². The van der Waals surface area contributed by atoms with Crippen LogP contribution >= 0.6 is 0 Å². The first kappa shape index (κ1) is 36.9. The maximum Gasteiger partial charge on any atom is 0.149 e. The molecule has 0 saturated carbocycles. The van der Waals surface area contributed by atoms with Crippen LogP contribution in [0.2, 0.25) is 0 Å². The minimum atomic E-state index is -0.313. The van der Waals surface area contributed by atoms with Crippen molar-refractivity contribution in [1.82, 2.24) is 14.5 Å². The Morgan fingerprint density at radius 1 is 0.518 bits per heavy atom. The van der Waals surface area contributed by atoms with E-state index in [1.165, 1.54) is 5.56 Å². The van der Waals surface area contributed by atoms with Gasteiger partial charge in [0.1, 0.15) is 11.6 Å². The Bertz CT molecular complexity index is 2740. The van der Waals surface area contributed by atoms with Crippen molar-refractivity contribution in [3.05, 3.63) is 156 Å². The van der Waals surface area contributed by atoms with Crippen molar-refractivity contribution >= 4 is 21.8 Å². The summed E-state index contributed by atoms with van der Waals surface area (Å²) in [5.74, 6) is 0.962. The van der Waals surface area contributed by atoms with Crippen LogP contribution in [0.1, 0.15) is 79.0 Å². The lowest BCUT2D eigenvalue weighted by Gasteiger charge is -2.28. The second-order valence-electron chi connectivity index (χ2n) is 18.2. The van der Waals surface area contributed by atoms with Crippen molar-refractivity contribution in [3.8, 4) is 56.3 Å². The van der Waals surface area contributed by atoms with Crippen LogP contribution in [0.25, 0.3) is 72.4 Å². The zero-order valence-electron chi connectivity index (χ0n) is 34.1. The zero-order chi connectivity index (χ0) is 39.6. The third-order valence-electron chi connectivity index (χ3n) is 11.0. The summed E-state index contributed by atoms with van der Waals surface area (Å²) in [5.41, 5.74) is 12.5. The Hall–Kier alpha value is -6.00. The lowest BCUT2D eigenvalue weighted by molar-refractivity contribution is 0.446. The number of rotatable bonds is 5. The molecule has 0 fully saturated rings. The highest BCUT2D eigenvalue weighted by atomic mass is 16.3. The van der Waals surface area contributed by atoms with Gasteiger partial charge in [0.2, 0.25) is 0 Å². The van der Waals surface area contributed by atoms with E-state index in [1.807, 2.05) is 18.3 Å². The summed E-state index contributed by atoms with van der Waals surface area (Å²) in [5, 5.41) is 14.7. The van der Waals surface area contributed by atoms with Gasteiger partial charge in [0, 0.05) is 33.8 Å². The topological polar surface area (TPSA) is 50.9 Å². The fourth-order valence-electron chi connectivity index (χ4n) is 7.79. The van der Waals surface area contributed by atoms with E-state index in [4.69, 9.17) is 9.97 Å². The van der Waals surface area contributed by atoms with Crippen LogP contribution in [0.5, 0.6) is 5.75 Å². The summed E-state index contributed by atoms with van der Waals surface area (Å²) >= 11 is 0. The van der Waals surface area contributed by atoms with Crippen molar-refractivity contribution in [3.63, 3.8) is 0 Å². The third-order valence-corrected chi connectivity index (χ3v) is 11.0. The fraction of sp³-hybridized carbons (Fsp3) is 0.231. The molecule has 0 bridgehead atoms. The molecular formula is C52H51N3O. The van der Waals surface area contributed by atoms with E-state index >= 15 is 0 Å². The Morgan fingerprint density at radius 3 is 1.89 bits per heavy atom. The number of aromatic nitrogens is 3. The Balaban J connectivity index is 1.54. The summed E-state index contributed by atoms with van der Waals surface area (Å²) < 4.78 is 2.31. The van der Waals surface area contributed by atoms with Gasteiger partial charge in [-0.05, 0) is 80.3 Å². The molecule has 0 unspecified atom stereocenters. The van der Waals surface area contributed by atoms with Gasteiger partial charge < -0.3 is 5.11 Å². The van der Waals surface area contributed by atoms with Crippen LogP contribution < -0.4 is 0 Å². The molecule has 0 aliphatic carbocycles. The highest BCUT2D eigenvalue weighted by Crippen LogP contribution is 2.46. The monoisotopic (exact) mass is 733 g/mol. The number of nitrogens with zero attached hydrogens (tertiary/aromatic N) is 3. The normalized spacial score (nSPS) is 12.4. The van der Waals surface area contributed by atoms with E-state index in [0.29, 0.717) is 11.4 Å². The maximum atomic E-state index is 12.5. The Labute approximate surface area is 331 Å². The molecule has 4 heteroatoms. The largest absolute Gasteiger partial charge is 0.507 e. The quantitative estimate of drug-likeness (QED) is 0.192. The molecule has 56 heavy (non-hydrogen) atoms. The second-order valence-corrected chi connectivity index (χ2v) is 18.2. The summed E-state index contributed by atoms with van der Waals surface area (Å²) in [4.78, 5) is 10.4. The zero-order valence-corrected chi connectivity index (χ0v) is 34.1. The van der Waals surface area contributed by atoms with E-state index in [9.17, 15) is 5.11 Å². The number of hydrogen-bond donors (Lipinski definition) is 1. The van der Waals surface area contributed by atoms with Crippen LogP contribution in [0.15, 0.2) is 140 Å². The van der Waals surface area contributed by atoms with Crippen molar-refractivity contribution in [2.24, 2.45) is 0 Å². The van der Waals surface area contributed by atoms with Gasteiger partial charge in [-0.15, -0.1) is 0 Å². The number of fused-ring (bicyclic) bond motifs is 2. The van der Waals surface area contributed by atoms with Gasteiger partial charge >= 0.3 is 0 Å². The van der Waals surface area contributed by atoms with E-state index in [-0.39, 0.29) is 22.0 Å². The Kier molecular flexibility index (Phi) is 9.00. The molecule has 6 aromatic carbocycles. The minimum absolute atomic E-state index is 0.103. The summed E-state index contributed by atoms with van der Waals surface area (Å²) in [6.07, 6.45) is 1.85. The predicted molar refractivity (Wildman–Crippen MR) is 236 cm³/mol. The van der Waals surface area contributed by atoms with E-state index in [0.717, 1.165) is 72.1 Å². The SMILES string of the molecule is CC(C)(C)c1cc(-c2ccccn2)cc(-c2cccc3c2nc(-c2cc(C(C)(C)C)cc(C(C)(C)C)c2O)n3-c2c(-c3ccccc3)ccc3ccccc23)c1. The standard InChI is InChI=1S/C52H51N3O/c1-50(2,3)37-29-35(28-36(30-37)44-23-15-16-27-53-44)39-22-17-24-45-46(39)54-49(42-31-38(51(4,5)6)32-43(48(42)56)52(7,8)9)55(45)47-40-21-14-13-20-34(40)25-26-41(47)33-18-11-10-12-19-33/h10-32,56H,1-9H3. The number of benzene rings is 6. The average molecular weight is 734 g/mol. The smallest absolute Gasteiger partial charge is 0.149 e.